The zero-order chi connectivity index (χ0) is 12.4. The minimum Gasteiger partial charge on any atom is -0.296 e. The largest absolute Gasteiger partial charge is 0.296 e. The van der Waals surface area contributed by atoms with Crippen LogP contribution in [0.2, 0.25) is 0 Å². The van der Waals surface area contributed by atoms with Crippen molar-refractivity contribution in [1.29, 1.82) is 0 Å². The molecule has 94 valence electrons. The van der Waals surface area contributed by atoms with Crippen molar-refractivity contribution in [3.63, 3.8) is 0 Å². The fraction of sp³-hybridized carbons (Fsp3) is 0.667. The Kier molecular flexibility index (Phi) is 3.82. The topological polar surface area (TPSA) is 7.12 Å². The first-order chi connectivity index (χ1) is 8.09. The maximum absolute atomic E-state index is 2.58. The molecule has 0 spiro atoms. The molecule has 2 rings (SSSR count). The van der Waals surface area contributed by atoms with Crippen molar-refractivity contribution in [2.75, 3.05) is 6.54 Å². The van der Waals surface area contributed by atoms with Gasteiger partial charge in [-0.1, -0.05) is 0 Å². The van der Waals surface area contributed by atoms with E-state index in [1.54, 1.807) is 5.69 Å². The number of fused-ring (bicyclic) bond motifs is 1. The Bertz CT molecular complexity index is 383. The zero-order valence-electron chi connectivity index (χ0n) is 11.6. The van der Waals surface area contributed by atoms with Gasteiger partial charge in [0.05, 0.1) is 0 Å². The van der Waals surface area contributed by atoms with E-state index in [0.29, 0.717) is 12.1 Å². The summed E-state index contributed by atoms with van der Waals surface area (Å²) in [6.45, 7) is 11.5. The van der Waals surface area contributed by atoms with E-state index in [4.69, 9.17) is 0 Å². The molecule has 0 aliphatic carbocycles. The van der Waals surface area contributed by atoms with Gasteiger partial charge in [0.1, 0.15) is 0 Å². The summed E-state index contributed by atoms with van der Waals surface area (Å²) in [5, 5.41) is 0. The lowest BCUT2D eigenvalue weighted by Crippen LogP contribution is -2.41. The van der Waals surface area contributed by atoms with Crippen molar-refractivity contribution in [1.82, 2.24) is 4.90 Å². The lowest BCUT2D eigenvalue weighted by atomic mass is 10.1. The molecule has 17 heavy (non-hydrogen) atoms. The van der Waals surface area contributed by atoms with Gasteiger partial charge >= 0.3 is 0 Å². The summed E-state index contributed by atoms with van der Waals surface area (Å²) < 4.78 is 2.44. The van der Waals surface area contributed by atoms with Crippen molar-refractivity contribution in [2.45, 2.75) is 59.2 Å². The molecular weight excluding hydrogens is 208 g/mol. The maximum atomic E-state index is 2.58. The fourth-order valence-electron chi connectivity index (χ4n) is 2.71. The molecule has 2 heteroatoms. The summed E-state index contributed by atoms with van der Waals surface area (Å²) in [5.74, 6) is 0. The second-order valence-corrected chi connectivity index (χ2v) is 5.65. The van der Waals surface area contributed by atoms with Crippen molar-refractivity contribution < 1.29 is 4.57 Å². The summed E-state index contributed by atoms with van der Waals surface area (Å²) in [6.07, 6.45) is 4.73. The van der Waals surface area contributed by atoms with Crippen LogP contribution in [0, 0.1) is 0 Å². The van der Waals surface area contributed by atoms with Crippen molar-refractivity contribution in [3.8, 4) is 0 Å². The number of aromatic nitrogens is 1. The monoisotopic (exact) mass is 233 g/mol. The zero-order valence-corrected chi connectivity index (χ0v) is 11.6. The van der Waals surface area contributed by atoms with Gasteiger partial charge in [0, 0.05) is 30.6 Å². The third kappa shape index (κ3) is 2.68. The minimum atomic E-state index is 0.565. The van der Waals surface area contributed by atoms with Crippen LogP contribution in [0.1, 0.15) is 51.4 Å². The molecule has 0 saturated heterocycles. The van der Waals surface area contributed by atoms with Crippen LogP contribution in [0.25, 0.3) is 0 Å². The highest BCUT2D eigenvalue weighted by Crippen LogP contribution is 2.18. The summed E-state index contributed by atoms with van der Waals surface area (Å²) in [6, 6.07) is 5.71. The van der Waals surface area contributed by atoms with Gasteiger partial charge in [0.15, 0.2) is 17.9 Å². The first kappa shape index (κ1) is 12.6. The number of rotatable bonds is 2. The Labute approximate surface area is 105 Å². The van der Waals surface area contributed by atoms with Gasteiger partial charge in [-0.15, -0.1) is 0 Å². The third-order valence-electron chi connectivity index (χ3n) is 3.75. The van der Waals surface area contributed by atoms with Crippen LogP contribution >= 0.6 is 0 Å². The van der Waals surface area contributed by atoms with Gasteiger partial charge in [-0.25, -0.2) is 4.57 Å². The Morgan fingerprint density at radius 2 is 2.00 bits per heavy atom. The Hall–Kier alpha value is -0.890. The summed E-state index contributed by atoms with van der Waals surface area (Å²) in [7, 11) is 0. The molecule has 0 N–H and O–H groups in total. The predicted octanol–water partition coefficient (Wildman–Crippen LogP) is 2.71. The normalized spacial score (nSPS) is 17.3. The molecule has 1 aliphatic rings. The summed E-state index contributed by atoms with van der Waals surface area (Å²) in [5.41, 5.74) is 3.07. The molecule has 0 atom stereocenters. The Morgan fingerprint density at radius 3 is 2.65 bits per heavy atom. The Morgan fingerprint density at radius 1 is 1.24 bits per heavy atom. The molecule has 1 aromatic rings. The number of pyridine rings is 1. The maximum Gasteiger partial charge on any atom is 0.186 e. The number of hydrogen-bond donors (Lipinski definition) is 0. The molecule has 0 unspecified atom stereocenters. The van der Waals surface area contributed by atoms with Crippen LogP contribution in [0.5, 0.6) is 0 Å². The van der Waals surface area contributed by atoms with E-state index in [0.717, 1.165) is 6.54 Å². The summed E-state index contributed by atoms with van der Waals surface area (Å²) in [4.78, 5) is 2.58. The molecule has 0 radical (unpaired) electrons. The molecule has 0 amide bonds. The van der Waals surface area contributed by atoms with Crippen LogP contribution in [-0.2, 0) is 13.0 Å². The highest BCUT2D eigenvalue weighted by Gasteiger charge is 2.24. The summed E-state index contributed by atoms with van der Waals surface area (Å²) >= 11 is 0. The van der Waals surface area contributed by atoms with Crippen molar-refractivity contribution in [3.05, 3.63) is 29.6 Å². The second-order valence-electron chi connectivity index (χ2n) is 5.65. The van der Waals surface area contributed by atoms with Crippen LogP contribution in [0.3, 0.4) is 0 Å². The number of nitrogens with zero attached hydrogens (tertiary/aromatic N) is 2. The van der Waals surface area contributed by atoms with E-state index < -0.39 is 0 Å². The SMILES string of the molecule is CC(C)N1CCCc2c(ccc[n+]2C(C)C)C1. The van der Waals surface area contributed by atoms with E-state index in [2.05, 4.69) is 55.5 Å². The molecule has 0 saturated carbocycles. The van der Waals surface area contributed by atoms with E-state index in [1.165, 1.54) is 24.9 Å². The highest BCUT2D eigenvalue weighted by atomic mass is 15.1. The molecular formula is C15H25N2+. The fourth-order valence-corrected chi connectivity index (χ4v) is 2.71. The second kappa shape index (κ2) is 5.18. The predicted molar refractivity (Wildman–Crippen MR) is 70.9 cm³/mol. The van der Waals surface area contributed by atoms with Gasteiger partial charge in [-0.05, 0) is 46.7 Å². The van der Waals surface area contributed by atoms with Gasteiger partial charge in [-0.3, -0.25) is 4.90 Å². The average molecular weight is 233 g/mol. The molecule has 1 aliphatic heterocycles. The van der Waals surface area contributed by atoms with E-state index in [9.17, 15) is 0 Å². The molecule has 2 nitrogen and oxygen atoms in total. The molecule has 2 heterocycles. The third-order valence-corrected chi connectivity index (χ3v) is 3.75. The number of hydrogen-bond acceptors (Lipinski definition) is 1. The van der Waals surface area contributed by atoms with Crippen LogP contribution in [-0.4, -0.2) is 17.5 Å². The lowest BCUT2D eigenvalue weighted by molar-refractivity contribution is -0.723. The van der Waals surface area contributed by atoms with E-state index >= 15 is 0 Å². The van der Waals surface area contributed by atoms with E-state index in [-0.39, 0.29) is 0 Å². The molecule has 0 aromatic carbocycles. The highest BCUT2D eigenvalue weighted by molar-refractivity contribution is 5.17. The van der Waals surface area contributed by atoms with Crippen LogP contribution in [0.15, 0.2) is 18.3 Å². The molecule has 0 fully saturated rings. The molecule has 0 bridgehead atoms. The van der Waals surface area contributed by atoms with Crippen molar-refractivity contribution >= 4 is 0 Å². The van der Waals surface area contributed by atoms with Gasteiger partial charge < -0.3 is 0 Å². The van der Waals surface area contributed by atoms with E-state index in [1.807, 2.05) is 0 Å². The smallest absolute Gasteiger partial charge is 0.186 e. The first-order valence-corrected chi connectivity index (χ1v) is 6.85. The van der Waals surface area contributed by atoms with Crippen LogP contribution in [0.4, 0.5) is 0 Å². The minimum absolute atomic E-state index is 0.565. The van der Waals surface area contributed by atoms with Crippen molar-refractivity contribution in [2.24, 2.45) is 0 Å². The molecule has 1 aromatic heterocycles. The quantitative estimate of drug-likeness (QED) is 0.712. The standard InChI is InChI=1S/C15H25N2/c1-12(2)16-9-6-8-15-14(11-16)7-5-10-17(15)13(3)4/h5,7,10,12-13H,6,8-9,11H2,1-4H3/q+1. The van der Waals surface area contributed by atoms with Gasteiger partial charge in [0.25, 0.3) is 0 Å². The van der Waals surface area contributed by atoms with Gasteiger partial charge in [-0.2, -0.15) is 0 Å². The lowest BCUT2D eigenvalue weighted by Gasteiger charge is -2.24. The Balaban J connectivity index is 2.34. The average Bonchev–Trinajstić information content (AvgIpc) is 2.49. The first-order valence-electron chi connectivity index (χ1n) is 6.85. The van der Waals surface area contributed by atoms with Gasteiger partial charge in [0.2, 0.25) is 0 Å². The van der Waals surface area contributed by atoms with Crippen LogP contribution < -0.4 is 4.57 Å².